The number of hydrogen-bond acceptors (Lipinski definition) is 6. The monoisotopic (exact) mass is 409 g/mol. The molecule has 0 radical (unpaired) electrons. The maximum Gasteiger partial charge on any atom is 0.224 e. The van der Waals surface area contributed by atoms with Gasteiger partial charge in [0.25, 0.3) is 0 Å². The number of amides is 1. The van der Waals surface area contributed by atoms with E-state index in [1.54, 1.807) is 17.5 Å². The highest BCUT2D eigenvalue weighted by Gasteiger charge is 2.27. The molecule has 0 bridgehead atoms. The Kier molecular flexibility index (Phi) is 6.36. The van der Waals surface area contributed by atoms with Crippen LogP contribution < -0.4 is 10.2 Å². The largest absolute Gasteiger partial charge is 0.355 e. The van der Waals surface area contributed by atoms with Gasteiger partial charge in [-0.25, -0.2) is 9.97 Å². The number of nitrogens with zero attached hydrogens (tertiary/aromatic N) is 4. The second-order valence-corrected chi connectivity index (χ2v) is 8.58. The first-order chi connectivity index (χ1) is 14.2. The third kappa shape index (κ3) is 5.10. The lowest BCUT2D eigenvalue weighted by molar-refractivity contribution is -0.125. The van der Waals surface area contributed by atoms with E-state index < -0.39 is 0 Å². The molecule has 1 amide bonds. The van der Waals surface area contributed by atoms with Gasteiger partial charge in [-0.15, -0.1) is 0 Å². The second-order valence-electron chi connectivity index (χ2n) is 7.62. The van der Waals surface area contributed by atoms with Gasteiger partial charge in [0.1, 0.15) is 10.3 Å². The number of fused-ring (bicyclic) bond motifs is 1. The van der Waals surface area contributed by atoms with Crippen molar-refractivity contribution in [3.8, 4) is 0 Å². The summed E-state index contributed by atoms with van der Waals surface area (Å²) in [7, 11) is 2.09. The van der Waals surface area contributed by atoms with Crippen LogP contribution in [-0.4, -0.2) is 54.0 Å². The summed E-state index contributed by atoms with van der Waals surface area (Å²) < 4.78 is 0. The van der Waals surface area contributed by atoms with E-state index in [1.807, 2.05) is 18.2 Å². The third-order valence-electron chi connectivity index (χ3n) is 5.31. The molecule has 4 rings (SSSR count). The molecular formula is C22H27N5OS. The lowest BCUT2D eigenvalue weighted by Crippen LogP contribution is -2.44. The molecular weight excluding hydrogens is 382 g/mol. The summed E-state index contributed by atoms with van der Waals surface area (Å²) in [4.78, 5) is 27.2. The Labute approximate surface area is 175 Å². The van der Waals surface area contributed by atoms with Crippen molar-refractivity contribution < 1.29 is 4.79 Å². The van der Waals surface area contributed by atoms with Crippen LogP contribution in [0.2, 0.25) is 0 Å². The number of anilines is 1. The minimum Gasteiger partial charge on any atom is -0.355 e. The Hall–Kier alpha value is -2.51. The number of benzene rings is 1. The molecule has 0 spiro atoms. The van der Waals surface area contributed by atoms with Gasteiger partial charge in [0, 0.05) is 38.9 Å². The van der Waals surface area contributed by atoms with Crippen molar-refractivity contribution in [3.63, 3.8) is 0 Å². The van der Waals surface area contributed by atoms with E-state index in [2.05, 4.69) is 51.4 Å². The van der Waals surface area contributed by atoms with E-state index in [9.17, 15) is 4.79 Å². The molecule has 1 saturated heterocycles. The van der Waals surface area contributed by atoms with Crippen molar-refractivity contribution in [2.24, 2.45) is 5.92 Å². The molecule has 1 N–H and O–H groups in total. The highest BCUT2D eigenvalue weighted by molar-refractivity contribution is 7.21. The number of piperidine rings is 1. The average molecular weight is 410 g/mol. The lowest BCUT2D eigenvalue weighted by atomic mass is 9.97. The number of carbonyl (C=O) groups excluding carboxylic acids is 1. The molecule has 3 heterocycles. The fourth-order valence-electron chi connectivity index (χ4n) is 3.75. The number of thiazole rings is 1. The standard InChI is InChI=1S/C22H27N5OS/c1-26(15-17-7-3-2-4-8-17)14-12-23-20(28)18-9-6-13-27(16-18)22-25-19-10-5-11-24-21(19)29-22/h2-5,7-8,10-11,18H,6,9,12-16H2,1H3,(H,23,28). The number of likely N-dealkylation sites (N-methyl/N-ethyl adjacent to an activating group) is 1. The fourth-order valence-corrected chi connectivity index (χ4v) is 4.69. The van der Waals surface area contributed by atoms with E-state index in [4.69, 9.17) is 4.98 Å². The van der Waals surface area contributed by atoms with E-state index in [-0.39, 0.29) is 11.8 Å². The summed E-state index contributed by atoms with van der Waals surface area (Å²) >= 11 is 1.61. The van der Waals surface area contributed by atoms with Crippen LogP contribution in [0.4, 0.5) is 5.13 Å². The van der Waals surface area contributed by atoms with Crippen molar-refractivity contribution in [1.82, 2.24) is 20.2 Å². The first-order valence-corrected chi connectivity index (χ1v) is 11.0. The summed E-state index contributed by atoms with van der Waals surface area (Å²) in [5.41, 5.74) is 2.22. The van der Waals surface area contributed by atoms with E-state index in [0.29, 0.717) is 6.54 Å². The molecule has 29 heavy (non-hydrogen) atoms. The quantitative estimate of drug-likeness (QED) is 0.650. The van der Waals surface area contributed by atoms with Crippen molar-refractivity contribution in [3.05, 3.63) is 54.2 Å². The summed E-state index contributed by atoms with van der Waals surface area (Å²) in [5, 5.41) is 4.10. The number of carbonyl (C=O) groups is 1. The minimum absolute atomic E-state index is 0.0168. The molecule has 2 aromatic heterocycles. The Bertz CT molecular complexity index is 912. The van der Waals surface area contributed by atoms with Gasteiger partial charge in [0.2, 0.25) is 5.91 Å². The first kappa shape index (κ1) is 19.8. The van der Waals surface area contributed by atoms with Gasteiger partial charge < -0.3 is 15.1 Å². The van der Waals surface area contributed by atoms with Crippen LogP contribution in [0.3, 0.4) is 0 Å². The van der Waals surface area contributed by atoms with Gasteiger partial charge in [0.05, 0.1) is 5.92 Å². The van der Waals surface area contributed by atoms with Gasteiger partial charge in [-0.2, -0.15) is 0 Å². The predicted octanol–water partition coefficient (Wildman–Crippen LogP) is 3.16. The summed E-state index contributed by atoms with van der Waals surface area (Å²) in [6.45, 7) is 4.07. The maximum atomic E-state index is 12.7. The van der Waals surface area contributed by atoms with Crippen LogP contribution in [0.1, 0.15) is 18.4 Å². The highest BCUT2D eigenvalue weighted by atomic mass is 32.1. The molecule has 7 heteroatoms. The predicted molar refractivity (Wildman–Crippen MR) is 118 cm³/mol. The smallest absolute Gasteiger partial charge is 0.224 e. The second kappa shape index (κ2) is 9.33. The van der Waals surface area contributed by atoms with E-state index >= 15 is 0 Å². The van der Waals surface area contributed by atoms with Crippen molar-refractivity contribution in [2.75, 3.05) is 38.1 Å². The number of rotatable bonds is 7. The van der Waals surface area contributed by atoms with Crippen molar-refractivity contribution >= 4 is 32.7 Å². The zero-order chi connectivity index (χ0) is 20.1. The summed E-state index contributed by atoms with van der Waals surface area (Å²) in [6.07, 6.45) is 3.74. The average Bonchev–Trinajstić information content (AvgIpc) is 3.19. The number of hydrogen-bond donors (Lipinski definition) is 1. The van der Waals surface area contributed by atoms with Crippen LogP contribution in [0.5, 0.6) is 0 Å². The first-order valence-electron chi connectivity index (χ1n) is 10.2. The lowest BCUT2D eigenvalue weighted by Gasteiger charge is -2.31. The molecule has 1 aromatic carbocycles. The molecule has 1 atom stereocenters. The Morgan fingerprint density at radius 3 is 2.97 bits per heavy atom. The van der Waals surface area contributed by atoms with Gasteiger partial charge in [-0.05, 0) is 37.6 Å². The fraction of sp³-hybridized carbons (Fsp3) is 0.409. The Morgan fingerprint density at radius 1 is 1.28 bits per heavy atom. The maximum absolute atomic E-state index is 12.7. The topological polar surface area (TPSA) is 61.4 Å². The zero-order valence-electron chi connectivity index (χ0n) is 16.8. The summed E-state index contributed by atoms with van der Waals surface area (Å²) in [5.74, 6) is 0.171. The van der Waals surface area contributed by atoms with Crippen LogP contribution in [0.25, 0.3) is 10.3 Å². The molecule has 1 aliphatic heterocycles. The molecule has 0 saturated carbocycles. The van der Waals surface area contributed by atoms with Crippen LogP contribution in [0, 0.1) is 5.92 Å². The van der Waals surface area contributed by atoms with Gasteiger partial charge in [0.15, 0.2) is 5.13 Å². The SMILES string of the molecule is CN(CCNC(=O)C1CCCN(c2nc3cccnc3s2)C1)Cc1ccccc1. The number of nitrogens with one attached hydrogen (secondary N) is 1. The zero-order valence-corrected chi connectivity index (χ0v) is 17.6. The molecule has 3 aromatic rings. The third-order valence-corrected chi connectivity index (χ3v) is 6.35. The number of pyridine rings is 1. The molecule has 6 nitrogen and oxygen atoms in total. The van der Waals surface area contributed by atoms with E-state index in [0.717, 1.165) is 54.5 Å². The summed E-state index contributed by atoms with van der Waals surface area (Å²) in [6, 6.07) is 14.3. The van der Waals surface area contributed by atoms with E-state index in [1.165, 1.54) is 5.56 Å². The molecule has 1 unspecified atom stereocenters. The molecule has 1 fully saturated rings. The van der Waals surface area contributed by atoms with Crippen molar-refractivity contribution in [1.29, 1.82) is 0 Å². The Balaban J connectivity index is 1.26. The van der Waals surface area contributed by atoms with Crippen LogP contribution >= 0.6 is 11.3 Å². The van der Waals surface area contributed by atoms with Gasteiger partial charge in [-0.3, -0.25) is 4.79 Å². The van der Waals surface area contributed by atoms with Gasteiger partial charge in [-0.1, -0.05) is 41.7 Å². The number of aromatic nitrogens is 2. The minimum atomic E-state index is 0.0168. The molecule has 1 aliphatic rings. The highest BCUT2D eigenvalue weighted by Crippen LogP contribution is 2.30. The van der Waals surface area contributed by atoms with Gasteiger partial charge >= 0.3 is 0 Å². The molecule has 152 valence electrons. The molecule has 0 aliphatic carbocycles. The normalized spacial score (nSPS) is 17.0. The Morgan fingerprint density at radius 2 is 2.14 bits per heavy atom. The van der Waals surface area contributed by atoms with Crippen LogP contribution in [0.15, 0.2) is 48.7 Å². The van der Waals surface area contributed by atoms with Crippen LogP contribution in [-0.2, 0) is 11.3 Å². The van der Waals surface area contributed by atoms with Crippen molar-refractivity contribution in [2.45, 2.75) is 19.4 Å².